The second-order valence-electron chi connectivity index (χ2n) is 8.83. The highest BCUT2D eigenvalue weighted by Gasteiger charge is 2.30. The summed E-state index contributed by atoms with van der Waals surface area (Å²) >= 11 is 0. The maximum absolute atomic E-state index is 12.5. The molecule has 2 fully saturated rings. The van der Waals surface area contributed by atoms with Crippen molar-refractivity contribution in [3.8, 4) is 0 Å². The Hall–Kier alpha value is -3.99. The number of nitrogens with zero attached hydrogens (tertiary/aromatic N) is 6. The van der Waals surface area contributed by atoms with Crippen LogP contribution in [-0.2, 0) is 4.74 Å². The fraction of sp³-hybridized carbons (Fsp3) is 0.375. The number of carbonyl (C=O) groups is 1. The van der Waals surface area contributed by atoms with Gasteiger partial charge in [0.25, 0.3) is 5.91 Å². The Labute approximate surface area is 201 Å². The van der Waals surface area contributed by atoms with E-state index < -0.39 is 0 Å². The molecule has 2 saturated heterocycles. The molecule has 3 N–H and O–H groups in total. The van der Waals surface area contributed by atoms with E-state index in [1.54, 1.807) is 6.07 Å². The minimum absolute atomic E-state index is 0.0847. The summed E-state index contributed by atoms with van der Waals surface area (Å²) in [5, 5.41) is 13.2. The van der Waals surface area contributed by atoms with Gasteiger partial charge in [0.15, 0.2) is 5.82 Å². The van der Waals surface area contributed by atoms with Crippen molar-refractivity contribution < 1.29 is 9.53 Å². The zero-order chi connectivity index (χ0) is 23.6. The number of carbonyl (C=O) groups excluding carboxylic acids is 1. The lowest BCUT2D eigenvalue weighted by molar-refractivity contribution is 0.0853. The van der Waals surface area contributed by atoms with Gasteiger partial charge >= 0.3 is 0 Å². The van der Waals surface area contributed by atoms with Gasteiger partial charge in [0.1, 0.15) is 11.3 Å². The van der Waals surface area contributed by atoms with Gasteiger partial charge in [0.2, 0.25) is 11.9 Å². The first-order valence-electron chi connectivity index (χ1n) is 12.0. The van der Waals surface area contributed by atoms with E-state index in [1.807, 2.05) is 47.1 Å². The Bertz CT molecular complexity index is 1310. The number of hydrogen-bond acceptors (Lipinski definition) is 8. The molecular formula is C24H27N9O2. The number of aromatic amines is 1. The molecule has 4 aromatic rings. The number of pyridine rings is 1. The molecule has 4 aromatic heterocycles. The van der Waals surface area contributed by atoms with E-state index in [0.29, 0.717) is 30.0 Å². The molecule has 2 unspecified atom stereocenters. The zero-order valence-corrected chi connectivity index (χ0v) is 19.2. The first kappa shape index (κ1) is 21.5. The topological polar surface area (TPSA) is 125 Å². The molecule has 0 spiro atoms. The third kappa shape index (κ3) is 4.42. The number of fused-ring (bicyclic) bond motifs is 1. The lowest BCUT2D eigenvalue weighted by atomic mass is 10.1. The number of anilines is 3. The molecule has 6 rings (SSSR count). The van der Waals surface area contributed by atoms with Crippen molar-refractivity contribution in [2.24, 2.45) is 0 Å². The Morgan fingerprint density at radius 1 is 1.17 bits per heavy atom. The molecule has 180 valence electrons. The molecule has 2 aliphatic rings. The summed E-state index contributed by atoms with van der Waals surface area (Å²) < 4.78 is 7.43. The lowest BCUT2D eigenvalue weighted by Crippen LogP contribution is -2.31. The van der Waals surface area contributed by atoms with Crippen LogP contribution in [0.4, 0.5) is 17.7 Å². The number of rotatable bonds is 7. The largest absolute Gasteiger partial charge is 0.376 e. The van der Waals surface area contributed by atoms with Crippen molar-refractivity contribution in [3.05, 3.63) is 60.2 Å². The number of hydrogen-bond donors (Lipinski definition) is 3. The molecule has 0 radical (unpaired) electrons. The maximum atomic E-state index is 12.5. The normalized spacial score (nSPS) is 19.9. The third-order valence-corrected chi connectivity index (χ3v) is 6.49. The molecule has 6 heterocycles. The van der Waals surface area contributed by atoms with Crippen molar-refractivity contribution in [3.63, 3.8) is 0 Å². The molecule has 2 aliphatic heterocycles. The fourth-order valence-electron chi connectivity index (χ4n) is 4.75. The fourth-order valence-corrected chi connectivity index (χ4v) is 4.75. The number of ether oxygens (including phenoxy) is 1. The number of nitrogens with one attached hydrogen (secondary N) is 3. The average Bonchev–Trinajstić information content (AvgIpc) is 3.69. The van der Waals surface area contributed by atoms with Gasteiger partial charge in [-0.2, -0.15) is 15.1 Å². The summed E-state index contributed by atoms with van der Waals surface area (Å²) in [6, 6.07) is 11.7. The van der Waals surface area contributed by atoms with Gasteiger partial charge in [-0.3, -0.25) is 19.3 Å². The molecule has 0 bridgehead atoms. The van der Waals surface area contributed by atoms with Gasteiger partial charge in [-0.25, -0.2) is 0 Å². The van der Waals surface area contributed by atoms with Gasteiger partial charge in [0, 0.05) is 38.2 Å². The number of H-pyrrole nitrogens is 1. The van der Waals surface area contributed by atoms with Crippen molar-refractivity contribution >= 4 is 29.3 Å². The highest BCUT2D eigenvalue weighted by atomic mass is 16.5. The molecular weight excluding hydrogens is 446 g/mol. The van der Waals surface area contributed by atoms with E-state index in [9.17, 15) is 4.79 Å². The standard InChI is InChI=1S/C24H27N9O2/c34-22(26-15-16-6-5-13-35-16)18-14-20(31-30-18)27-23-29-24(28-21-9-4-12-33(21)23)32-11-3-8-19(32)17-7-1-2-10-25-17/h1-2,4,7,9-10,12,14,16,19H,3,5-6,8,11,13,15H2,(H,26,34)(H2,27,28,29,30,31). The van der Waals surface area contributed by atoms with E-state index in [1.165, 1.54) is 0 Å². The molecule has 11 nitrogen and oxygen atoms in total. The van der Waals surface area contributed by atoms with Gasteiger partial charge < -0.3 is 20.3 Å². The molecule has 0 aromatic carbocycles. The second-order valence-corrected chi connectivity index (χ2v) is 8.83. The molecule has 2 atom stereocenters. The summed E-state index contributed by atoms with van der Waals surface area (Å²) in [6.45, 7) is 2.11. The van der Waals surface area contributed by atoms with Crippen molar-refractivity contribution in [2.75, 3.05) is 29.9 Å². The van der Waals surface area contributed by atoms with Crippen LogP contribution in [0.2, 0.25) is 0 Å². The lowest BCUT2D eigenvalue weighted by Gasteiger charge is -2.24. The zero-order valence-electron chi connectivity index (χ0n) is 19.2. The molecule has 35 heavy (non-hydrogen) atoms. The minimum Gasteiger partial charge on any atom is -0.376 e. The molecule has 0 saturated carbocycles. The van der Waals surface area contributed by atoms with Crippen LogP contribution in [0.25, 0.3) is 5.65 Å². The number of amides is 1. The Morgan fingerprint density at radius 3 is 3.00 bits per heavy atom. The van der Waals surface area contributed by atoms with Crippen LogP contribution in [0, 0.1) is 0 Å². The predicted octanol–water partition coefficient (Wildman–Crippen LogP) is 2.84. The van der Waals surface area contributed by atoms with Crippen LogP contribution in [-0.4, -0.2) is 61.3 Å². The summed E-state index contributed by atoms with van der Waals surface area (Å²) in [7, 11) is 0. The average molecular weight is 474 g/mol. The summed E-state index contributed by atoms with van der Waals surface area (Å²) in [4.78, 5) is 28.9. The second kappa shape index (κ2) is 9.34. The van der Waals surface area contributed by atoms with E-state index in [2.05, 4.69) is 30.7 Å². The van der Waals surface area contributed by atoms with Crippen LogP contribution in [0.1, 0.15) is 47.9 Å². The van der Waals surface area contributed by atoms with E-state index in [-0.39, 0.29) is 18.1 Å². The Balaban J connectivity index is 1.22. The molecule has 11 heteroatoms. The summed E-state index contributed by atoms with van der Waals surface area (Å²) in [5.74, 6) is 1.48. The first-order valence-corrected chi connectivity index (χ1v) is 12.0. The smallest absolute Gasteiger partial charge is 0.269 e. The van der Waals surface area contributed by atoms with Gasteiger partial charge in [0.05, 0.1) is 17.8 Å². The maximum Gasteiger partial charge on any atom is 0.269 e. The van der Waals surface area contributed by atoms with Gasteiger partial charge in [-0.1, -0.05) is 6.07 Å². The van der Waals surface area contributed by atoms with Crippen LogP contribution in [0.5, 0.6) is 0 Å². The predicted molar refractivity (Wildman–Crippen MR) is 130 cm³/mol. The van der Waals surface area contributed by atoms with Crippen molar-refractivity contribution in [1.82, 2.24) is 34.9 Å². The van der Waals surface area contributed by atoms with Crippen LogP contribution in [0.3, 0.4) is 0 Å². The summed E-state index contributed by atoms with van der Waals surface area (Å²) in [6.07, 6.45) is 7.85. The van der Waals surface area contributed by atoms with Crippen LogP contribution >= 0.6 is 0 Å². The highest BCUT2D eigenvalue weighted by Crippen LogP contribution is 2.34. The van der Waals surface area contributed by atoms with E-state index >= 15 is 0 Å². The first-order chi connectivity index (χ1) is 17.2. The number of aromatic nitrogens is 6. The quantitative estimate of drug-likeness (QED) is 0.374. The van der Waals surface area contributed by atoms with E-state index in [4.69, 9.17) is 14.7 Å². The van der Waals surface area contributed by atoms with Gasteiger partial charge in [-0.15, -0.1) is 0 Å². The monoisotopic (exact) mass is 473 g/mol. The van der Waals surface area contributed by atoms with Crippen LogP contribution in [0.15, 0.2) is 48.8 Å². The minimum atomic E-state index is -0.217. The van der Waals surface area contributed by atoms with Crippen molar-refractivity contribution in [1.29, 1.82) is 0 Å². The van der Waals surface area contributed by atoms with E-state index in [0.717, 1.165) is 50.2 Å². The van der Waals surface area contributed by atoms with Gasteiger partial charge in [-0.05, 0) is 49.9 Å². The third-order valence-electron chi connectivity index (χ3n) is 6.49. The Morgan fingerprint density at radius 2 is 2.14 bits per heavy atom. The highest BCUT2D eigenvalue weighted by molar-refractivity contribution is 5.93. The molecule has 1 amide bonds. The SMILES string of the molecule is O=C(NCC1CCCO1)c1cc(Nc2nc(N3CCCC3c3ccccn3)nc3cccn23)n[nH]1. The van der Waals surface area contributed by atoms with Crippen LogP contribution < -0.4 is 15.5 Å². The molecule has 0 aliphatic carbocycles. The van der Waals surface area contributed by atoms with Crippen molar-refractivity contribution in [2.45, 2.75) is 37.8 Å². The Kier molecular flexibility index (Phi) is 5.75. The summed E-state index contributed by atoms with van der Waals surface area (Å²) in [5.41, 5.74) is 2.16.